The third kappa shape index (κ3) is 7.65. The van der Waals surface area contributed by atoms with Gasteiger partial charge < -0.3 is 20.6 Å². The molecule has 1 aromatic carbocycles. The zero-order chi connectivity index (χ0) is 17.2. The van der Waals surface area contributed by atoms with E-state index >= 15 is 0 Å². The zero-order valence-corrected chi connectivity index (χ0v) is 14.1. The summed E-state index contributed by atoms with van der Waals surface area (Å²) < 4.78 is 0. The van der Waals surface area contributed by atoms with Crippen LogP contribution in [0.3, 0.4) is 0 Å². The Morgan fingerprint density at radius 1 is 1.26 bits per heavy atom. The fourth-order valence-electron chi connectivity index (χ4n) is 2.25. The molecule has 0 radical (unpaired) electrons. The van der Waals surface area contributed by atoms with Crippen molar-refractivity contribution in [3.63, 3.8) is 0 Å². The van der Waals surface area contributed by atoms with E-state index < -0.39 is 5.97 Å². The van der Waals surface area contributed by atoms with E-state index in [0.29, 0.717) is 6.54 Å². The molecule has 0 spiro atoms. The predicted octanol–water partition coefficient (Wildman–Crippen LogP) is 2.30. The summed E-state index contributed by atoms with van der Waals surface area (Å²) in [5.74, 6) is -0.955. The first-order valence-electron chi connectivity index (χ1n) is 7.97. The van der Waals surface area contributed by atoms with Crippen LogP contribution in [0, 0.1) is 0 Å². The number of benzene rings is 1. The molecule has 0 saturated heterocycles. The second-order valence-corrected chi connectivity index (χ2v) is 5.85. The summed E-state index contributed by atoms with van der Waals surface area (Å²) in [6.07, 6.45) is 2.31. The van der Waals surface area contributed by atoms with Gasteiger partial charge in [0.1, 0.15) is 0 Å². The minimum atomic E-state index is -0.955. The Morgan fingerprint density at radius 2 is 1.91 bits per heavy atom. The van der Waals surface area contributed by atoms with Crippen molar-refractivity contribution in [2.45, 2.75) is 39.3 Å². The Kier molecular flexibility index (Phi) is 8.11. The van der Waals surface area contributed by atoms with Crippen molar-refractivity contribution < 1.29 is 14.7 Å². The molecule has 1 atom stereocenters. The van der Waals surface area contributed by atoms with Crippen LogP contribution in [0.4, 0.5) is 4.79 Å². The number of carboxylic acids is 1. The highest BCUT2D eigenvalue weighted by Crippen LogP contribution is 2.04. The molecule has 0 aliphatic heterocycles. The number of hydrogen-bond donors (Lipinski definition) is 3. The predicted molar refractivity (Wildman–Crippen MR) is 90.6 cm³/mol. The van der Waals surface area contributed by atoms with Crippen LogP contribution in [0.15, 0.2) is 24.3 Å². The van der Waals surface area contributed by atoms with E-state index in [0.717, 1.165) is 31.5 Å². The van der Waals surface area contributed by atoms with E-state index in [1.807, 2.05) is 6.92 Å². The quantitative estimate of drug-likeness (QED) is 0.652. The van der Waals surface area contributed by atoms with E-state index in [4.69, 9.17) is 5.11 Å². The first-order valence-corrected chi connectivity index (χ1v) is 7.97. The van der Waals surface area contributed by atoms with Gasteiger partial charge in [0.15, 0.2) is 0 Å². The Bertz CT molecular complexity index is 502. The minimum Gasteiger partial charge on any atom is -0.478 e. The topological polar surface area (TPSA) is 81.7 Å². The van der Waals surface area contributed by atoms with Crippen LogP contribution in [0.2, 0.25) is 0 Å². The van der Waals surface area contributed by atoms with Gasteiger partial charge in [-0.3, -0.25) is 0 Å². The van der Waals surface area contributed by atoms with E-state index in [1.54, 1.807) is 12.1 Å². The molecule has 0 fully saturated rings. The van der Waals surface area contributed by atoms with Crippen LogP contribution in [0.25, 0.3) is 0 Å². The Morgan fingerprint density at radius 3 is 2.48 bits per heavy atom. The number of amides is 2. The molecule has 0 aliphatic rings. The molecule has 128 valence electrons. The molecule has 0 heterocycles. The molecular formula is C17H27N3O3. The average Bonchev–Trinajstić information content (AvgIpc) is 2.51. The van der Waals surface area contributed by atoms with Gasteiger partial charge in [-0.25, -0.2) is 9.59 Å². The van der Waals surface area contributed by atoms with Gasteiger partial charge in [-0.15, -0.1) is 0 Å². The molecule has 0 bridgehead atoms. The largest absolute Gasteiger partial charge is 0.478 e. The number of urea groups is 1. The van der Waals surface area contributed by atoms with Crippen LogP contribution in [-0.4, -0.2) is 48.2 Å². The van der Waals surface area contributed by atoms with Gasteiger partial charge >= 0.3 is 12.0 Å². The minimum absolute atomic E-state index is 0.0613. The SMILES string of the molecule is CCCCN(C)CC(C)NC(=O)NCc1ccc(C(=O)O)cc1. The summed E-state index contributed by atoms with van der Waals surface area (Å²) in [6, 6.07) is 6.30. The molecule has 0 saturated carbocycles. The van der Waals surface area contributed by atoms with Crippen molar-refractivity contribution in [2.75, 3.05) is 20.1 Å². The first kappa shape index (κ1) is 19.0. The van der Waals surface area contributed by atoms with E-state index in [-0.39, 0.29) is 17.6 Å². The lowest BCUT2D eigenvalue weighted by atomic mass is 10.1. The van der Waals surface area contributed by atoms with E-state index in [9.17, 15) is 9.59 Å². The maximum Gasteiger partial charge on any atom is 0.335 e. The van der Waals surface area contributed by atoms with Crippen LogP contribution >= 0.6 is 0 Å². The standard InChI is InChI=1S/C17H27N3O3/c1-4-5-10-20(3)12-13(2)19-17(23)18-11-14-6-8-15(9-7-14)16(21)22/h6-9,13H,4-5,10-12H2,1-3H3,(H,21,22)(H2,18,19,23). The molecule has 1 rings (SSSR count). The normalized spacial score (nSPS) is 12.0. The maximum absolute atomic E-state index is 11.9. The number of unbranched alkanes of at least 4 members (excludes halogenated alkanes) is 1. The summed E-state index contributed by atoms with van der Waals surface area (Å²) in [4.78, 5) is 24.8. The number of carboxylic acid groups (broad SMARTS) is 1. The second-order valence-electron chi connectivity index (χ2n) is 5.85. The van der Waals surface area contributed by atoms with Crippen LogP contribution < -0.4 is 10.6 Å². The second kappa shape index (κ2) is 9.84. The molecule has 23 heavy (non-hydrogen) atoms. The number of likely N-dealkylation sites (N-methyl/N-ethyl adjacent to an activating group) is 1. The molecule has 1 unspecified atom stereocenters. The molecule has 0 aliphatic carbocycles. The van der Waals surface area contributed by atoms with Gasteiger partial charge in [0.05, 0.1) is 5.56 Å². The van der Waals surface area contributed by atoms with Gasteiger partial charge in [0.25, 0.3) is 0 Å². The average molecular weight is 321 g/mol. The molecule has 3 N–H and O–H groups in total. The van der Waals surface area contributed by atoms with Crippen molar-refractivity contribution in [1.82, 2.24) is 15.5 Å². The van der Waals surface area contributed by atoms with Crippen molar-refractivity contribution in [3.8, 4) is 0 Å². The van der Waals surface area contributed by atoms with Crippen molar-refractivity contribution >= 4 is 12.0 Å². The highest BCUT2D eigenvalue weighted by atomic mass is 16.4. The lowest BCUT2D eigenvalue weighted by molar-refractivity contribution is 0.0697. The first-order chi connectivity index (χ1) is 10.9. The summed E-state index contributed by atoms with van der Waals surface area (Å²) in [7, 11) is 2.05. The molecule has 2 amide bonds. The highest BCUT2D eigenvalue weighted by molar-refractivity contribution is 5.87. The van der Waals surface area contributed by atoms with E-state index in [2.05, 4.69) is 29.5 Å². The van der Waals surface area contributed by atoms with Gasteiger partial charge in [-0.2, -0.15) is 0 Å². The fraction of sp³-hybridized carbons (Fsp3) is 0.529. The van der Waals surface area contributed by atoms with Crippen molar-refractivity contribution in [2.24, 2.45) is 0 Å². The molecule has 1 aromatic rings. The molecule has 0 aromatic heterocycles. The summed E-state index contributed by atoms with van der Waals surface area (Å²) in [6.45, 7) is 6.33. The van der Waals surface area contributed by atoms with Crippen LogP contribution in [0.5, 0.6) is 0 Å². The summed E-state index contributed by atoms with van der Waals surface area (Å²) in [5.41, 5.74) is 1.10. The third-order valence-corrected chi connectivity index (χ3v) is 3.51. The van der Waals surface area contributed by atoms with Gasteiger partial charge in [0, 0.05) is 19.1 Å². The number of aromatic carboxylic acids is 1. The number of rotatable bonds is 9. The van der Waals surface area contributed by atoms with Crippen LogP contribution in [0.1, 0.15) is 42.6 Å². The van der Waals surface area contributed by atoms with Gasteiger partial charge in [-0.05, 0) is 44.6 Å². The number of carbonyl (C=O) groups is 2. The Balaban J connectivity index is 2.31. The van der Waals surface area contributed by atoms with Gasteiger partial charge in [-0.1, -0.05) is 25.5 Å². The maximum atomic E-state index is 11.9. The number of hydrogen-bond acceptors (Lipinski definition) is 3. The van der Waals surface area contributed by atoms with Crippen molar-refractivity contribution in [3.05, 3.63) is 35.4 Å². The van der Waals surface area contributed by atoms with Crippen molar-refractivity contribution in [1.29, 1.82) is 0 Å². The van der Waals surface area contributed by atoms with E-state index in [1.165, 1.54) is 12.1 Å². The Labute approximate surface area is 137 Å². The van der Waals surface area contributed by atoms with Gasteiger partial charge in [0.2, 0.25) is 0 Å². The fourth-order valence-corrected chi connectivity index (χ4v) is 2.25. The lowest BCUT2D eigenvalue weighted by Crippen LogP contribution is -2.45. The highest BCUT2D eigenvalue weighted by Gasteiger charge is 2.09. The summed E-state index contributed by atoms with van der Waals surface area (Å²) in [5, 5.41) is 14.5. The van der Waals surface area contributed by atoms with Crippen LogP contribution in [-0.2, 0) is 6.54 Å². The summed E-state index contributed by atoms with van der Waals surface area (Å²) >= 11 is 0. The zero-order valence-electron chi connectivity index (χ0n) is 14.1. The molecule has 6 heteroatoms. The number of nitrogens with one attached hydrogen (secondary N) is 2. The number of carbonyl (C=O) groups excluding carboxylic acids is 1. The monoisotopic (exact) mass is 321 g/mol. The third-order valence-electron chi connectivity index (χ3n) is 3.51. The smallest absolute Gasteiger partial charge is 0.335 e. The number of nitrogens with zero attached hydrogens (tertiary/aromatic N) is 1. The Hall–Kier alpha value is -2.08. The molecular weight excluding hydrogens is 294 g/mol. The molecule has 6 nitrogen and oxygen atoms in total. The lowest BCUT2D eigenvalue weighted by Gasteiger charge is -2.22.